The molecule has 2 aromatic rings. The number of aromatic nitrogens is 4. The molecule has 0 aliphatic rings. The molecule has 108 valence electrons. The monoisotopic (exact) mass is 295 g/mol. The number of nitrogens with one attached hydrogen (secondary N) is 2. The van der Waals surface area contributed by atoms with Crippen LogP contribution >= 0.6 is 11.3 Å². The third-order valence-corrected chi connectivity index (χ3v) is 4.08. The Morgan fingerprint density at radius 2 is 2.15 bits per heavy atom. The van der Waals surface area contributed by atoms with Crippen LogP contribution in [0.25, 0.3) is 0 Å². The lowest BCUT2D eigenvalue weighted by atomic mass is 10.2. The first-order valence-corrected chi connectivity index (χ1v) is 7.03. The summed E-state index contributed by atoms with van der Waals surface area (Å²) < 4.78 is 0. The fourth-order valence-electron chi connectivity index (χ4n) is 1.99. The highest BCUT2D eigenvalue weighted by Gasteiger charge is 2.22. The number of likely N-dealkylation sites (N-methyl/N-ethyl adjacent to an activating group) is 1. The Kier molecular flexibility index (Phi) is 4.03. The smallest absolute Gasteiger partial charge is 0.337 e. The molecular weight excluding hydrogens is 278 g/mol. The molecule has 8 heteroatoms. The van der Waals surface area contributed by atoms with Gasteiger partial charge >= 0.3 is 5.69 Å². The summed E-state index contributed by atoms with van der Waals surface area (Å²) in [7, 11) is 1.73. The average Bonchev–Trinajstić information content (AvgIpc) is 2.93. The Bertz CT molecular complexity index is 671. The van der Waals surface area contributed by atoms with Gasteiger partial charge in [-0.2, -0.15) is 5.10 Å². The molecule has 0 fully saturated rings. The summed E-state index contributed by atoms with van der Waals surface area (Å²) >= 11 is 1.62. The zero-order chi connectivity index (χ0) is 14.9. The van der Waals surface area contributed by atoms with E-state index in [1.165, 1.54) is 0 Å². The Labute approximate surface area is 120 Å². The molecule has 7 nitrogen and oxygen atoms in total. The zero-order valence-electron chi connectivity index (χ0n) is 11.9. The summed E-state index contributed by atoms with van der Waals surface area (Å²) in [6, 6.07) is -0.113. The minimum atomic E-state index is -0.408. The number of aryl methyl sites for hydroxylation is 2. The number of hydrogen-bond donors (Lipinski definition) is 2. The van der Waals surface area contributed by atoms with Crippen LogP contribution in [0.1, 0.15) is 34.4 Å². The van der Waals surface area contributed by atoms with Crippen molar-refractivity contribution in [1.29, 1.82) is 0 Å². The molecule has 1 unspecified atom stereocenters. The Morgan fingerprint density at radius 3 is 2.65 bits per heavy atom. The summed E-state index contributed by atoms with van der Waals surface area (Å²) in [6.45, 7) is 5.89. The second-order valence-electron chi connectivity index (χ2n) is 4.66. The summed E-state index contributed by atoms with van der Waals surface area (Å²) in [5, 5.41) is 6.97. The van der Waals surface area contributed by atoms with E-state index < -0.39 is 5.69 Å². The second-order valence-corrected chi connectivity index (χ2v) is 6.06. The van der Waals surface area contributed by atoms with E-state index in [0.717, 1.165) is 15.6 Å². The van der Waals surface area contributed by atoms with Crippen molar-refractivity contribution in [2.75, 3.05) is 7.05 Å². The molecule has 2 heterocycles. The standard InChI is InChI=1S/C12H17N5O2S/c1-6(11-7(2)20-8(3)13-11)17(4)10(18)5-9-14-12(19)16-15-9/h6H,5H2,1-4H3,(H2,14,15,16,19). The molecule has 2 aromatic heterocycles. The van der Waals surface area contributed by atoms with Crippen LogP contribution in [0.4, 0.5) is 0 Å². The van der Waals surface area contributed by atoms with Gasteiger partial charge in [0.15, 0.2) is 0 Å². The van der Waals surface area contributed by atoms with Crippen molar-refractivity contribution < 1.29 is 4.79 Å². The van der Waals surface area contributed by atoms with Crippen molar-refractivity contribution in [3.8, 4) is 0 Å². The molecule has 0 aliphatic carbocycles. The van der Waals surface area contributed by atoms with Crippen LogP contribution in [-0.4, -0.2) is 38.0 Å². The Balaban J connectivity index is 2.10. The maximum absolute atomic E-state index is 12.2. The van der Waals surface area contributed by atoms with Gasteiger partial charge in [-0.15, -0.1) is 11.3 Å². The largest absolute Gasteiger partial charge is 0.340 e. The van der Waals surface area contributed by atoms with E-state index in [-0.39, 0.29) is 18.4 Å². The van der Waals surface area contributed by atoms with Crippen LogP contribution in [0.15, 0.2) is 4.79 Å². The van der Waals surface area contributed by atoms with Crippen molar-refractivity contribution in [1.82, 2.24) is 25.1 Å². The van der Waals surface area contributed by atoms with Crippen LogP contribution < -0.4 is 5.69 Å². The molecule has 0 spiro atoms. The molecule has 0 saturated heterocycles. The van der Waals surface area contributed by atoms with Crippen molar-refractivity contribution in [2.45, 2.75) is 33.2 Å². The number of carbonyl (C=O) groups excluding carboxylic acids is 1. The number of rotatable bonds is 4. The molecule has 0 aliphatic heterocycles. The minimum Gasteiger partial charge on any atom is -0.337 e. The summed E-state index contributed by atoms with van der Waals surface area (Å²) in [5.74, 6) is 0.218. The summed E-state index contributed by atoms with van der Waals surface area (Å²) in [5.41, 5.74) is 0.508. The Morgan fingerprint density at radius 1 is 1.45 bits per heavy atom. The first-order chi connectivity index (χ1) is 9.38. The van der Waals surface area contributed by atoms with Gasteiger partial charge < -0.3 is 4.90 Å². The molecule has 1 amide bonds. The van der Waals surface area contributed by atoms with Gasteiger partial charge in [-0.25, -0.2) is 14.9 Å². The first kappa shape index (κ1) is 14.4. The zero-order valence-corrected chi connectivity index (χ0v) is 12.7. The Hall–Kier alpha value is -1.96. The van der Waals surface area contributed by atoms with Crippen LogP contribution in [0.2, 0.25) is 0 Å². The third-order valence-electron chi connectivity index (χ3n) is 3.18. The molecule has 20 heavy (non-hydrogen) atoms. The van der Waals surface area contributed by atoms with Crippen LogP contribution in [0, 0.1) is 13.8 Å². The lowest BCUT2D eigenvalue weighted by Crippen LogP contribution is -2.31. The molecule has 0 bridgehead atoms. The average molecular weight is 295 g/mol. The molecule has 2 N–H and O–H groups in total. The number of nitrogens with zero attached hydrogens (tertiary/aromatic N) is 3. The van der Waals surface area contributed by atoms with E-state index >= 15 is 0 Å². The van der Waals surface area contributed by atoms with Gasteiger partial charge in [0.25, 0.3) is 0 Å². The van der Waals surface area contributed by atoms with Crippen molar-refractivity contribution in [3.63, 3.8) is 0 Å². The quantitative estimate of drug-likeness (QED) is 0.877. The summed E-state index contributed by atoms with van der Waals surface area (Å²) in [6.07, 6.45) is 0.0573. The lowest BCUT2D eigenvalue weighted by molar-refractivity contribution is -0.131. The third kappa shape index (κ3) is 2.96. The molecule has 1 atom stereocenters. The van der Waals surface area contributed by atoms with Crippen LogP contribution in [-0.2, 0) is 11.2 Å². The van der Waals surface area contributed by atoms with Gasteiger partial charge in [-0.3, -0.25) is 9.78 Å². The van der Waals surface area contributed by atoms with Gasteiger partial charge in [0.2, 0.25) is 5.91 Å². The predicted molar refractivity (Wildman–Crippen MR) is 75.7 cm³/mol. The van der Waals surface area contributed by atoms with Crippen LogP contribution in [0.3, 0.4) is 0 Å². The van der Waals surface area contributed by atoms with E-state index in [1.54, 1.807) is 23.3 Å². The van der Waals surface area contributed by atoms with E-state index in [1.807, 2.05) is 20.8 Å². The maximum atomic E-state index is 12.2. The van der Waals surface area contributed by atoms with Gasteiger partial charge in [-0.05, 0) is 20.8 Å². The molecular formula is C12H17N5O2S. The number of thiazole rings is 1. The highest BCUT2D eigenvalue weighted by Crippen LogP contribution is 2.26. The number of carbonyl (C=O) groups is 1. The van der Waals surface area contributed by atoms with E-state index in [4.69, 9.17) is 0 Å². The minimum absolute atomic E-state index is 0.0573. The SMILES string of the molecule is Cc1nc(C(C)N(C)C(=O)Cc2n[nH]c(=O)[nH]2)c(C)s1. The highest BCUT2D eigenvalue weighted by atomic mass is 32.1. The molecule has 0 aromatic carbocycles. The van der Waals surface area contributed by atoms with Crippen molar-refractivity contribution in [2.24, 2.45) is 0 Å². The van der Waals surface area contributed by atoms with Gasteiger partial charge in [0, 0.05) is 11.9 Å². The summed E-state index contributed by atoms with van der Waals surface area (Å²) in [4.78, 5) is 32.8. The normalized spacial score (nSPS) is 12.4. The fraction of sp³-hybridized carbons (Fsp3) is 0.500. The van der Waals surface area contributed by atoms with Crippen molar-refractivity contribution >= 4 is 17.2 Å². The van der Waals surface area contributed by atoms with E-state index in [0.29, 0.717) is 5.82 Å². The lowest BCUT2D eigenvalue weighted by Gasteiger charge is -2.24. The maximum Gasteiger partial charge on any atom is 0.340 e. The number of amides is 1. The molecule has 0 saturated carbocycles. The van der Waals surface area contributed by atoms with Crippen molar-refractivity contribution in [3.05, 3.63) is 31.9 Å². The molecule has 2 rings (SSSR count). The van der Waals surface area contributed by atoms with E-state index in [9.17, 15) is 9.59 Å². The van der Waals surface area contributed by atoms with Gasteiger partial charge in [-0.1, -0.05) is 0 Å². The second kappa shape index (κ2) is 5.58. The fourth-order valence-corrected chi connectivity index (χ4v) is 2.90. The highest BCUT2D eigenvalue weighted by molar-refractivity contribution is 7.11. The number of aromatic amines is 2. The first-order valence-electron chi connectivity index (χ1n) is 6.21. The van der Waals surface area contributed by atoms with Gasteiger partial charge in [0.1, 0.15) is 5.82 Å². The number of hydrogen-bond acceptors (Lipinski definition) is 5. The van der Waals surface area contributed by atoms with Gasteiger partial charge in [0.05, 0.1) is 23.2 Å². The predicted octanol–water partition coefficient (Wildman–Crippen LogP) is 0.933. The van der Waals surface area contributed by atoms with E-state index in [2.05, 4.69) is 20.2 Å². The topological polar surface area (TPSA) is 94.7 Å². The number of H-pyrrole nitrogens is 2. The molecule has 0 radical (unpaired) electrons. The van der Waals surface area contributed by atoms with Crippen LogP contribution in [0.5, 0.6) is 0 Å².